The Morgan fingerprint density at radius 2 is 2.21 bits per heavy atom. The van der Waals surface area contributed by atoms with Crippen molar-refractivity contribution in [3.8, 4) is 0 Å². The molecule has 0 spiro atoms. The highest BCUT2D eigenvalue weighted by atomic mass is 127. The smallest absolute Gasteiger partial charge is 0.191 e. The summed E-state index contributed by atoms with van der Waals surface area (Å²) in [4.78, 5) is 7.13. The minimum absolute atomic E-state index is 0. The zero-order valence-electron chi connectivity index (χ0n) is 15.3. The van der Waals surface area contributed by atoms with Crippen molar-refractivity contribution in [3.63, 3.8) is 0 Å². The zero-order valence-corrected chi connectivity index (χ0v) is 17.6. The lowest BCUT2D eigenvalue weighted by molar-refractivity contribution is 0.0888. The number of ether oxygens (including phenoxy) is 2. The highest BCUT2D eigenvalue weighted by Crippen LogP contribution is 2.14. The summed E-state index contributed by atoms with van der Waals surface area (Å²) < 4.78 is 11.1. The maximum absolute atomic E-state index is 5.73. The molecule has 0 aromatic carbocycles. The number of halogens is 1. The predicted molar refractivity (Wildman–Crippen MR) is 109 cm³/mol. The van der Waals surface area contributed by atoms with E-state index in [-0.39, 0.29) is 24.0 Å². The second-order valence-electron chi connectivity index (χ2n) is 6.58. The van der Waals surface area contributed by atoms with Crippen LogP contribution in [0.15, 0.2) is 4.99 Å². The number of likely N-dealkylation sites (N-methyl/N-ethyl adjacent to an activating group) is 1. The van der Waals surface area contributed by atoms with Crippen molar-refractivity contribution in [2.45, 2.75) is 38.6 Å². The fourth-order valence-corrected chi connectivity index (χ4v) is 3.09. The maximum Gasteiger partial charge on any atom is 0.191 e. The Labute approximate surface area is 164 Å². The zero-order chi connectivity index (χ0) is 16.3. The molecule has 0 saturated carbocycles. The molecule has 0 amide bonds. The number of hydrogen-bond donors (Lipinski definition) is 2. The van der Waals surface area contributed by atoms with Crippen molar-refractivity contribution in [2.75, 3.05) is 59.7 Å². The van der Waals surface area contributed by atoms with Gasteiger partial charge in [-0.2, -0.15) is 0 Å². The van der Waals surface area contributed by atoms with Crippen molar-refractivity contribution in [3.05, 3.63) is 0 Å². The molecule has 2 aliphatic heterocycles. The Balaban J connectivity index is 0.00000288. The number of nitrogens with zero attached hydrogens (tertiary/aromatic N) is 2. The lowest BCUT2D eigenvalue weighted by Gasteiger charge is -2.18. The summed E-state index contributed by atoms with van der Waals surface area (Å²) in [7, 11) is 2.19. The molecule has 24 heavy (non-hydrogen) atoms. The number of likely N-dealkylation sites (tertiary alicyclic amines) is 1. The summed E-state index contributed by atoms with van der Waals surface area (Å²) in [5.41, 5.74) is 0. The highest BCUT2D eigenvalue weighted by Gasteiger charge is 2.20. The van der Waals surface area contributed by atoms with E-state index in [1.165, 1.54) is 19.4 Å². The second-order valence-corrected chi connectivity index (χ2v) is 6.58. The van der Waals surface area contributed by atoms with E-state index in [9.17, 15) is 0 Å². The molecule has 2 saturated heterocycles. The summed E-state index contributed by atoms with van der Waals surface area (Å²) >= 11 is 0. The molecule has 0 aliphatic carbocycles. The van der Waals surface area contributed by atoms with Gasteiger partial charge in [0.2, 0.25) is 0 Å². The van der Waals surface area contributed by atoms with Crippen LogP contribution in [0.1, 0.15) is 32.6 Å². The van der Waals surface area contributed by atoms with Crippen LogP contribution in [0.25, 0.3) is 0 Å². The fraction of sp³-hybridized carbons (Fsp3) is 0.941. The first-order chi connectivity index (χ1) is 11.3. The van der Waals surface area contributed by atoms with E-state index < -0.39 is 0 Å². The molecule has 2 aliphatic rings. The third kappa shape index (κ3) is 8.31. The molecule has 2 fully saturated rings. The van der Waals surface area contributed by atoms with Crippen LogP contribution in [0.3, 0.4) is 0 Å². The lowest BCUT2D eigenvalue weighted by atomic mass is 10.1. The molecular formula is C17H35IN4O2. The summed E-state index contributed by atoms with van der Waals surface area (Å²) in [6.45, 7) is 9.37. The minimum atomic E-state index is 0. The Bertz CT molecular complexity index is 351. The van der Waals surface area contributed by atoms with Crippen molar-refractivity contribution < 1.29 is 9.47 Å². The van der Waals surface area contributed by atoms with Crippen molar-refractivity contribution >= 4 is 29.9 Å². The molecule has 0 aromatic heterocycles. The lowest BCUT2D eigenvalue weighted by Crippen LogP contribution is -2.39. The molecule has 2 N–H and O–H groups in total. The van der Waals surface area contributed by atoms with Gasteiger partial charge >= 0.3 is 0 Å². The number of hydrogen-bond acceptors (Lipinski definition) is 4. The van der Waals surface area contributed by atoms with E-state index in [4.69, 9.17) is 14.5 Å². The van der Waals surface area contributed by atoms with E-state index in [0.717, 1.165) is 64.9 Å². The molecule has 0 aromatic rings. The van der Waals surface area contributed by atoms with Gasteiger partial charge in [0.1, 0.15) is 0 Å². The van der Waals surface area contributed by atoms with E-state index in [1.54, 1.807) is 0 Å². The van der Waals surface area contributed by atoms with Crippen LogP contribution in [0.5, 0.6) is 0 Å². The summed E-state index contributed by atoms with van der Waals surface area (Å²) in [6, 6.07) is 0.599. The van der Waals surface area contributed by atoms with Gasteiger partial charge in [-0.15, -0.1) is 24.0 Å². The van der Waals surface area contributed by atoms with Gasteiger partial charge in [-0.05, 0) is 46.2 Å². The van der Waals surface area contributed by atoms with Crippen LogP contribution >= 0.6 is 24.0 Å². The minimum Gasteiger partial charge on any atom is -0.381 e. The topological polar surface area (TPSA) is 58.1 Å². The summed E-state index contributed by atoms with van der Waals surface area (Å²) in [5.74, 6) is 1.53. The standard InChI is InChI=1S/C17H34N4O2.HI/c1-3-18-17(20-12-16-6-4-9-21(16)2)19-8-5-10-22-13-15-7-11-23-14-15;/h15-16H,3-14H2,1-2H3,(H2,18,19,20);1H. The Kier molecular flexibility index (Phi) is 12.0. The molecule has 2 rings (SSSR count). The van der Waals surface area contributed by atoms with E-state index in [0.29, 0.717) is 12.0 Å². The van der Waals surface area contributed by atoms with Crippen LogP contribution in [0.4, 0.5) is 0 Å². The number of nitrogens with one attached hydrogen (secondary N) is 2. The number of rotatable bonds is 9. The SMILES string of the molecule is CCNC(=NCC1CCCN1C)NCCCOCC1CCOC1.I. The molecule has 0 radical (unpaired) electrons. The van der Waals surface area contributed by atoms with Gasteiger partial charge in [-0.25, -0.2) is 0 Å². The van der Waals surface area contributed by atoms with Gasteiger partial charge in [0.25, 0.3) is 0 Å². The van der Waals surface area contributed by atoms with Gasteiger partial charge in [-0.1, -0.05) is 0 Å². The number of guanidine groups is 1. The van der Waals surface area contributed by atoms with E-state index >= 15 is 0 Å². The molecule has 2 unspecified atom stereocenters. The predicted octanol–water partition coefficient (Wildman–Crippen LogP) is 1.70. The summed E-state index contributed by atoms with van der Waals surface area (Å²) in [5, 5.41) is 6.72. The molecule has 2 atom stereocenters. The van der Waals surface area contributed by atoms with Gasteiger partial charge in [0, 0.05) is 38.3 Å². The van der Waals surface area contributed by atoms with Gasteiger partial charge in [-0.3, -0.25) is 4.99 Å². The third-order valence-electron chi connectivity index (χ3n) is 4.61. The number of aliphatic imine (C=N–C) groups is 1. The highest BCUT2D eigenvalue weighted by molar-refractivity contribution is 14.0. The molecule has 142 valence electrons. The molecule has 7 heteroatoms. The summed E-state index contributed by atoms with van der Waals surface area (Å²) in [6.07, 6.45) is 4.70. The van der Waals surface area contributed by atoms with Crippen LogP contribution in [0, 0.1) is 5.92 Å². The van der Waals surface area contributed by atoms with Gasteiger partial charge in [0.05, 0.1) is 19.8 Å². The van der Waals surface area contributed by atoms with Gasteiger partial charge in [0.15, 0.2) is 5.96 Å². The molecule has 6 nitrogen and oxygen atoms in total. The largest absolute Gasteiger partial charge is 0.381 e. The Hall–Kier alpha value is -0.120. The monoisotopic (exact) mass is 454 g/mol. The average molecular weight is 454 g/mol. The first-order valence-corrected chi connectivity index (χ1v) is 9.17. The van der Waals surface area contributed by atoms with Crippen LogP contribution < -0.4 is 10.6 Å². The first kappa shape index (κ1) is 21.9. The maximum atomic E-state index is 5.73. The van der Waals surface area contributed by atoms with Crippen LogP contribution in [0.2, 0.25) is 0 Å². The van der Waals surface area contributed by atoms with Crippen molar-refractivity contribution in [1.29, 1.82) is 0 Å². The van der Waals surface area contributed by atoms with E-state index in [2.05, 4.69) is 29.5 Å². The van der Waals surface area contributed by atoms with Crippen LogP contribution in [-0.2, 0) is 9.47 Å². The van der Waals surface area contributed by atoms with Gasteiger partial charge < -0.3 is 25.0 Å². The van der Waals surface area contributed by atoms with Crippen LogP contribution in [-0.4, -0.2) is 76.6 Å². The van der Waals surface area contributed by atoms with Crippen molar-refractivity contribution in [1.82, 2.24) is 15.5 Å². The normalized spacial score (nSPS) is 24.8. The quantitative estimate of drug-likeness (QED) is 0.241. The second kappa shape index (κ2) is 13.1. The Morgan fingerprint density at radius 3 is 2.88 bits per heavy atom. The third-order valence-corrected chi connectivity index (χ3v) is 4.61. The fourth-order valence-electron chi connectivity index (χ4n) is 3.09. The molecular weight excluding hydrogens is 419 g/mol. The van der Waals surface area contributed by atoms with Crippen molar-refractivity contribution in [2.24, 2.45) is 10.9 Å². The van der Waals surface area contributed by atoms with E-state index in [1.807, 2.05) is 0 Å². The Morgan fingerprint density at radius 1 is 1.33 bits per heavy atom. The molecule has 0 bridgehead atoms. The molecule has 2 heterocycles. The first-order valence-electron chi connectivity index (χ1n) is 9.17. The average Bonchev–Trinajstić information content (AvgIpc) is 3.20.